The van der Waals surface area contributed by atoms with Crippen LogP contribution in [0, 0.1) is 0 Å². The summed E-state index contributed by atoms with van der Waals surface area (Å²) >= 11 is 6.22. The van der Waals surface area contributed by atoms with Crippen LogP contribution in [-0.2, 0) is 14.0 Å². The minimum Gasteiger partial charge on any atom is -0.386 e. The molecule has 0 rings (SSSR count). The molecule has 0 unspecified atom stereocenters. The van der Waals surface area contributed by atoms with Crippen molar-refractivity contribution < 1.29 is 14.0 Å². The fraction of sp³-hybridized carbons (Fsp3) is 1.00. The lowest BCUT2D eigenvalue weighted by Crippen LogP contribution is -2.29. The summed E-state index contributed by atoms with van der Waals surface area (Å²) in [7, 11) is -0.490. The van der Waals surface area contributed by atoms with Crippen molar-refractivity contribution in [3.63, 3.8) is 0 Å². The zero-order valence-corrected chi connectivity index (χ0v) is 29.7. The van der Waals surface area contributed by atoms with Crippen molar-refractivity contribution in [3.8, 4) is 0 Å². The molecular weight excluding hydrogens is 551 g/mol. The number of rotatable bonds is 36. The highest BCUT2D eigenvalue weighted by atomic mass is 32.2. The maximum Gasteiger partial charge on any atom is 0.639 e. The lowest BCUT2D eigenvalue weighted by molar-refractivity contribution is 0.0940. The van der Waals surface area contributed by atoms with E-state index in [0.29, 0.717) is 0 Å². The Labute approximate surface area is 265 Å². The topological polar surface area (TPSA) is 27.7 Å². The lowest BCUT2D eigenvalue weighted by atomic mass is 10.1. The maximum atomic E-state index is 6.03. The van der Waals surface area contributed by atoms with Gasteiger partial charge in [0.15, 0.2) is 0 Å². The van der Waals surface area contributed by atoms with Gasteiger partial charge in [0.25, 0.3) is 0 Å². The van der Waals surface area contributed by atoms with Crippen molar-refractivity contribution in [1.82, 2.24) is 0 Å². The summed E-state index contributed by atoms with van der Waals surface area (Å²) in [5.74, 6) is 7.38. The Kier molecular flexibility index (Phi) is 39.0. The Morgan fingerprint density at radius 1 is 0.325 bits per heavy atom. The highest BCUT2D eigenvalue weighted by Gasteiger charge is 2.20. The van der Waals surface area contributed by atoms with Gasteiger partial charge in [-0.3, -0.25) is 0 Å². The van der Waals surface area contributed by atoms with Crippen molar-refractivity contribution in [1.29, 1.82) is 0 Å². The summed E-state index contributed by atoms with van der Waals surface area (Å²) in [5.41, 5.74) is 0. The minimum absolute atomic E-state index is 0.490. The quantitative estimate of drug-likeness (QED) is 0.0511. The van der Waals surface area contributed by atoms with Crippen LogP contribution in [-0.4, -0.2) is 61.7 Å². The van der Waals surface area contributed by atoms with Gasteiger partial charge >= 0.3 is 7.32 Å². The molecular formula is C33H69BO3S3. The first kappa shape index (κ1) is 41.0. The Morgan fingerprint density at radius 3 is 0.875 bits per heavy atom. The second kappa shape index (κ2) is 38.0. The number of hydrogen-bond acceptors (Lipinski definition) is 6. The molecule has 0 aromatic heterocycles. The van der Waals surface area contributed by atoms with Crippen molar-refractivity contribution in [2.45, 2.75) is 156 Å². The normalized spacial score (nSPS) is 11.5. The average molecular weight is 621 g/mol. The zero-order valence-electron chi connectivity index (χ0n) is 27.2. The molecule has 0 spiro atoms. The van der Waals surface area contributed by atoms with Crippen LogP contribution < -0.4 is 0 Å². The summed E-state index contributed by atoms with van der Waals surface area (Å²) in [4.78, 5) is 0. The van der Waals surface area contributed by atoms with Gasteiger partial charge in [0.2, 0.25) is 0 Å². The first-order valence-corrected chi connectivity index (χ1v) is 20.9. The predicted octanol–water partition coefficient (Wildman–Crippen LogP) is 11.5. The van der Waals surface area contributed by atoms with Crippen LogP contribution in [0.15, 0.2) is 0 Å². The SMILES string of the molecule is CCCCCCCCSCCCOB(OCCCSCCCCCCCC)OCCCSCCCCCCCC. The Balaban J connectivity index is 3.89. The van der Waals surface area contributed by atoms with E-state index in [-0.39, 0.29) is 0 Å². The van der Waals surface area contributed by atoms with Crippen molar-refractivity contribution in [3.05, 3.63) is 0 Å². The van der Waals surface area contributed by atoms with Gasteiger partial charge < -0.3 is 14.0 Å². The van der Waals surface area contributed by atoms with Gasteiger partial charge in [-0.1, -0.05) is 117 Å². The van der Waals surface area contributed by atoms with Crippen molar-refractivity contribution in [2.24, 2.45) is 0 Å². The molecule has 0 fully saturated rings. The van der Waals surface area contributed by atoms with E-state index in [1.807, 2.05) is 0 Å². The van der Waals surface area contributed by atoms with E-state index >= 15 is 0 Å². The third kappa shape index (κ3) is 35.2. The molecule has 0 atom stereocenters. The van der Waals surface area contributed by atoms with Crippen LogP contribution in [0.3, 0.4) is 0 Å². The molecule has 3 nitrogen and oxygen atoms in total. The highest BCUT2D eigenvalue weighted by Crippen LogP contribution is 2.13. The summed E-state index contributed by atoms with van der Waals surface area (Å²) in [5, 5.41) is 0. The van der Waals surface area contributed by atoms with E-state index < -0.39 is 7.32 Å². The Hall–Kier alpha value is 0.995. The van der Waals surface area contributed by atoms with E-state index in [9.17, 15) is 0 Å². The van der Waals surface area contributed by atoms with Crippen LogP contribution in [0.25, 0.3) is 0 Å². The van der Waals surface area contributed by atoms with E-state index in [0.717, 1.165) is 39.1 Å². The van der Waals surface area contributed by atoms with E-state index in [1.165, 1.54) is 150 Å². The standard InChI is InChI=1S/C33H69BO3S3/c1-4-7-10-13-16-19-28-38-31-22-25-35-34(36-26-23-32-39-29-20-17-14-11-8-5-2)37-27-24-33-40-30-21-18-15-12-9-6-3/h4-33H2,1-3H3. The molecule has 0 aliphatic carbocycles. The third-order valence-electron chi connectivity index (χ3n) is 6.99. The second-order valence-electron chi connectivity index (χ2n) is 11.1. The maximum absolute atomic E-state index is 6.03. The van der Waals surface area contributed by atoms with Gasteiger partial charge in [-0.2, -0.15) is 35.3 Å². The molecule has 0 heterocycles. The minimum atomic E-state index is -0.490. The lowest BCUT2D eigenvalue weighted by Gasteiger charge is -2.15. The molecule has 0 radical (unpaired) electrons. The first-order valence-electron chi connectivity index (χ1n) is 17.4. The molecule has 0 aliphatic rings. The first-order chi connectivity index (χ1) is 19.8. The van der Waals surface area contributed by atoms with Gasteiger partial charge in [0, 0.05) is 19.8 Å². The largest absolute Gasteiger partial charge is 0.639 e. The third-order valence-corrected chi connectivity index (χ3v) is 10.5. The predicted molar refractivity (Wildman–Crippen MR) is 190 cm³/mol. The second-order valence-corrected chi connectivity index (χ2v) is 14.8. The molecule has 240 valence electrons. The molecule has 0 amide bonds. The van der Waals surface area contributed by atoms with E-state index in [4.69, 9.17) is 14.0 Å². The van der Waals surface area contributed by atoms with Gasteiger partial charge in [-0.15, -0.1) is 0 Å². The van der Waals surface area contributed by atoms with E-state index in [1.54, 1.807) is 0 Å². The van der Waals surface area contributed by atoms with Crippen molar-refractivity contribution in [2.75, 3.05) is 54.3 Å². The van der Waals surface area contributed by atoms with Crippen molar-refractivity contribution >= 4 is 42.6 Å². The van der Waals surface area contributed by atoms with Crippen LogP contribution >= 0.6 is 35.3 Å². The van der Waals surface area contributed by atoms with Gasteiger partial charge in [0.1, 0.15) is 0 Å². The van der Waals surface area contributed by atoms with Crippen LogP contribution in [0.5, 0.6) is 0 Å². The van der Waals surface area contributed by atoms with Crippen LogP contribution in [0.4, 0.5) is 0 Å². The van der Waals surface area contributed by atoms with E-state index in [2.05, 4.69) is 56.1 Å². The van der Waals surface area contributed by atoms with Gasteiger partial charge in [0.05, 0.1) is 0 Å². The highest BCUT2D eigenvalue weighted by molar-refractivity contribution is 7.99. The number of thioether (sulfide) groups is 3. The van der Waals surface area contributed by atoms with Gasteiger partial charge in [-0.25, -0.2) is 0 Å². The summed E-state index contributed by atoms with van der Waals surface area (Å²) in [6, 6.07) is 0. The molecule has 40 heavy (non-hydrogen) atoms. The van der Waals surface area contributed by atoms with Crippen LogP contribution in [0.1, 0.15) is 156 Å². The molecule has 0 aromatic carbocycles. The summed E-state index contributed by atoms with van der Waals surface area (Å²) in [6.45, 7) is 9.04. The number of unbranched alkanes of at least 4 members (excludes halogenated alkanes) is 15. The Bertz CT molecular complexity index is 387. The smallest absolute Gasteiger partial charge is 0.386 e. The molecule has 0 saturated carbocycles. The molecule has 0 aromatic rings. The van der Waals surface area contributed by atoms with Crippen LogP contribution in [0.2, 0.25) is 0 Å². The summed E-state index contributed by atoms with van der Waals surface area (Å²) in [6.07, 6.45) is 28.1. The fourth-order valence-corrected chi connectivity index (χ4v) is 7.23. The Morgan fingerprint density at radius 2 is 0.575 bits per heavy atom. The zero-order chi connectivity index (χ0) is 29.0. The molecule has 0 N–H and O–H groups in total. The molecule has 7 heteroatoms. The van der Waals surface area contributed by atoms with Gasteiger partial charge in [-0.05, 0) is 73.0 Å². The molecule has 0 bridgehead atoms. The summed E-state index contributed by atoms with van der Waals surface area (Å²) < 4.78 is 18.1. The molecule has 0 saturated heterocycles. The monoisotopic (exact) mass is 620 g/mol. The average Bonchev–Trinajstić information content (AvgIpc) is 2.97. The number of hydrogen-bond donors (Lipinski definition) is 0. The molecule has 0 aliphatic heterocycles. The fourth-order valence-electron chi connectivity index (χ4n) is 4.43.